The standard InChI is InChI=1S/C12H15ClN2O3S2/c1-20(17,18)11-7-19-5-4-15(11)12(16)8-2-3-9(13)10(14)6-8/h2-3,6,11H,4-5,7,14H2,1H3. The van der Waals surface area contributed by atoms with Crippen molar-refractivity contribution in [1.29, 1.82) is 0 Å². The van der Waals surface area contributed by atoms with Crippen LogP contribution in [0.25, 0.3) is 0 Å². The molecular formula is C12H15ClN2O3S2. The summed E-state index contributed by atoms with van der Waals surface area (Å²) in [5, 5.41) is -0.416. The van der Waals surface area contributed by atoms with Crippen LogP contribution in [0, 0.1) is 0 Å². The number of nitrogens with zero attached hydrogens (tertiary/aromatic N) is 1. The normalized spacial score (nSPS) is 19.9. The molecule has 1 aromatic rings. The first-order valence-electron chi connectivity index (χ1n) is 5.93. The Kier molecular flexibility index (Phi) is 4.51. The topological polar surface area (TPSA) is 80.5 Å². The van der Waals surface area contributed by atoms with Crippen LogP contribution in [0.5, 0.6) is 0 Å². The number of nitrogen functional groups attached to an aromatic ring is 1. The minimum absolute atomic E-state index is 0.305. The van der Waals surface area contributed by atoms with E-state index in [1.54, 1.807) is 6.07 Å². The van der Waals surface area contributed by atoms with Gasteiger partial charge in [-0.1, -0.05) is 11.6 Å². The Hall–Kier alpha value is -0.920. The lowest BCUT2D eigenvalue weighted by atomic mass is 10.1. The maximum atomic E-state index is 12.5. The Morgan fingerprint density at radius 2 is 2.20 bits per heavy atom. The number of hydrogen-bond donors (Lipinski definition) is 1. The first-order valence-corrected chi connectivity index (χ1v) is 9.42. The van der Waals surface area contributed by atoms with Crippen LogP contribution in [0.3, 0.4) is 0 Å². The zero-order chi connectivity index (χ0) is 14.9. The largest absolute Gasteiger partial charge is 0.398 e. The molecule has 1 aliphatic rings. The van der Waals surface area contributed by atoms with E-state index in [1.165, 1.54) is 28.8 Å². The van der Waals surface area contributed by atoms with Gasteiger partial charge in [-0.05, 0) is 18.2 Å². The van der Waals surface area contributed by atoms with Crippen LogP contribution >= 0.6 is 23.4 Å². The number of carbonyl (C=O) groups is 1. The maximum Gasteiger partial charge on any atom is 0.255 e. The summed E-state index contributed by atoms with van der Waals surface area (Å²) < 4.78 is 23.6. The van der Waals surface area contributed by atoms with Crippen molar-refractivity contribution in [2.75, 3.05) is 30.0 Å². The fourth-order valence-corrected chi connectivity index (χ4v) is 4.94. The number of halogens is 1. The molecule has 20 heavy (non-hydrogen) atoms. The summed E-state index contributed by atoms with van der Waals surface area (Å²) in [6.45, 7) is 0.407. The minimum atomic E-state index is -3.32. The van der Waals surface area contributed by atoms with Crippen LogP contribution in [0.15, 0.2) is 18.2 Å². The summed E-state index contributed by atoms with van der Waals surface area (Å²) >= 11 is 7.36. The number of rotatable bonds is 2. The number of sulfone groups is 1. The number of hydrogen-bond acceptors (Lipinski definition) is 5. The summed E-state index contributed by atoms with van der Waals surface area (Å²) in [5.41, 5.74) is 6.34. The van der Waals surface area contributed by atoms with E-state index in [4.69, 9.17) is 17.3 Å². The third kappa shape index (κ3) is 3.21. The zero-order valence-electron chi connectivity index (χ0n) is 10.9. The van der Waals surface area contributed by atoms with Crippen LogP contribution in [-0.4, -0.2) is 48.9 Å². The highest BCUT2D eigenvalue weighted by molar-refractivity contribution is 8.00. The van der Waals surface area contributed by atoms with Gasteiger partial charge in [0.25, 0.3) is 5.91 Å². The Labute approximate surface area is 127 Å². The molecule has 8 heteroatoms. The molecule has 0 bridgehead atoms. The third-order valence-electron chi connectivity index (χ3n) is 3.08. The van der Waals surface area contributed by atoms with Crippen LogP contribution in [0.2, 0.25) is 5.02 Å². The fourth-order valence-electron chi connectivity index (χ4n) is 2.01. The Morgan fingerprint density at radius 1 is 1.50 bits per heavy atom. The van der Waals surface area contributed by atoms with Gasteiger partial charge in [-0.15, -0.1) is 0 Å². The van der Waals surface area contributed by atoms with Gasteiger partial charge in [0.2, 0.25) is 0 Å². The van der Waals surface area contributed by atoms with Crippen molar-refractivity contribution >= 4 is 44.8 Å². The van der Waals surface area contributed by atoms with E-state index < -0.39 is 15.2 Å². The van der Waals surface area contributed by atoms with E-state index in [0.29, 0.717) is 28.6 Å². The molecule has 1 aromatic carbocycles. The van der Waals surface area contributed by atoms with E-state index in [9.17, 15) is 13.2 Å². The second-order valence-corrected chi connectivity index (χ2v) is 8.35. The van der Waals surface area contributed by atoms with E-state index in [2.05, 4.69) is 0 Å². The number of thioether (sulfide) groups is 1. The first kappa shape index (κ1) is 15.5. The molecule has 1 amide bonds. The van der Waals surface area contributed by atoms with Crippen LogP contribution in [-0.2, 0) is 9.84 Å². The zero-order valence-corrected chi connectivity index (χ0v) is 13.3. The predicted octanol–water partition coefficient (Wildman–Crippen LogP) is 1.48. The monoisotopic (exact) mass is 334 g/mol. The summed E-state index contributed by atoms with van der Waals surface area (Å²) in [4.78, 5) is 13.9. The fraction of sp³-hybridized carbons (Fsp3) is 0.417. The van der Waals surface area contributed by atoms with Gasteiger partial charge in [-0.2, -0.15) is 11.8 Å². The van der Waals surface area contributed by atoms with Crippen LogP contribution in [0.1, 0.15) is 10.4 Å². The molecule has 0 aliphatic carbocycles. The van der Waals surface area contributed by atoms with Crippen LogP contribution < -0.4 is 5.73 Å². The van der Waals surface area contributed by atoms with Gasteiger partial charge >= 0.3 is 0 Å². The van der Waals surface area contributed by atoms with Crippen molar-refractivity contribution in [1.82, 2.24) is 4.90 Å². The van der Waals surface area contributed by atoms with Crippen molar-refractivity contribution in [2.45, 2.75) is 5.37 Å². The molecular weight excluding hydrogens is 320 g/mol. The maximum absolute atomic E-state index is 12.5. The minimum Gasteiger partial charge on any atom is -0.398 e. The Morgan fingerprint density at radius 3 is 2.80 bits per heavy atom. The molecule has 0 aromatic heterocycles. The smallest absolute Gasteiger partial charge is 0.255 e. The van der Waals surface area contributed by atoms with Crippen molar-refractivity contribution in [3.63, 3.8) is 0 Å². The number of amides is 1. The number of anilines is 1. The molecule has 0 saturated carbocycles. The summed E-state index contributed by atoms with van der Waals surface area (Å²) in [7, 11) is -3.32. The van der Waals surface area contributed by atoms with Gasteiger partial charge in [-0.25, -0.2) is 8.42 Å². The average Bonchev–Trinajstić information content (AvgIpc) is 2.40. The average molecular weight is 335 g/mol. The Balaban J connectivity index is 2.32. The van der Waals surface area contributed by atoms with Crippen molar-refractivity contribution < 1.29 is 13.2 Å². The second kappa shape index (κ2) is 5.83. The molecule has 1 saturated heterocycles. The number of benzene rings is 1. The van der Waals surface area contributed by atoms with E-state index >= 15 is 0 Å². The number of carbonyl (C=O) groups excluding carboxylic acids is 1. The van der Waals surface area contributed by atoms with E-state index in [1.807, 2.05) is 0 Å². The number of nitrogens with two attached hydrogens (primary N) is 1. The first-order chi connectivity index (χ1) is 9.30. The molecule has 5 nitrogen and oxygen atoms in total. The molecule has 1 aliphatic heterocycles. The lowest BCUT2D eigenvalue weighted by Crippen LogP contribution is -2.49. The quantitative estimate of drug-likeness (QED) is 0.829. The van der Waals surface area contributed by atoms with Gasteiger partial charge in [0, 0.05) is 29.9 Å². The molecule has 2 N–H and O–H groups in total. The highest BCUT2D eigenvalue weighted by Gasteiger charge is 2.34. The van der Waals surface area contributed by atoms with Gasteiger partial charge in [0.15, 0.2) is 9.84 Å². The van der Waals surface area contributed by atoms with Crippen LogP contribution in [0.4, 0.5) is 5.69 Å². The summed E-state index contributed by atoms with van der Waals surface area (Å²) in [6.07, 6.45) is 1.15. The molecule has 0 spiro atoms. The molecule has 1 unspecified atom stereocenters. The molecule has 1 atom stereocenters. The van der Waals surface area contributed by atoms with E-state index in [-0.39, 0.29) is 5.91 Å². The molecule has 0 radical (unpaired) electrons. The van der Waals surface area contributed by atoms with Gasteiger partial charge < -0.3 is 10.6 Å². The lowest BCUT2D eigenvalue weighted by Gasteiger charge is -2.34. The van der Waals surface area contributed by atoms with Crippen molar-refractivity contribution in [3.05, 3.63) is 28.8 Å². The van der Waals surface area contributed by atoms with E-state index in [0.717, 1.165) is 12.0 Å². The molecule has 110 valence electrons. The lowest BCUT2D eigenvalue weighted by molar-refractivity contribution is 0.0749. The second-order valence-electron chi connectivity index (χ2n) is 4.59. The van der Waals surface area contributed by atoms with Gasteiger partial charge in [0.1, 0.15) is 5.37 Å². The highest BCUT2D eigenvalue weighted by Crippen LogP contribution is 2.25. The van der Waals surface area contributed by atoms with Crippen molar-refractivity contribution in [3.8, 4) is 0 Å². The SMILES string of the molecule is CS(=O)(=O)C1CSCCN1C(=O)c1ccc(Cl)c(N)c1. The molecule has 1 heterocycles. The Bertz CT molecular complexity index is 634. The molecule has 1 fully saturated rings. The van der Waals surface area contributed by atoms with Gasteiger partial charge in [0.05, 0.1) is 10.7 Å². The third-order valence-corrected chi connectivity index (χ3v) is 6.07. The van der Waals surface area contributed by atoms with Crippen molar-refractivity contribution in [2.24, 2.45) is 0 Å². The molecule has 2 rings (SSSR count). The summed E-state index contributed by atoms with van der Waals surface area (Å²) in [6, 6.07) is 4.58. The highest BCUT2D eigenvalue weighted by atomic mass is 35.5. The predicted molar refractivity (Wildman–Crippen MR) is 82.9 cm³/mol. The summed E-state index contributed by atoms with van der Waals surface area (Å²) in [5.74, 6) is 0.790. The van der Waals surface area contributed by atoms with Gasteiger partial charge in [-0.3, -0.25) is 4.79 Å².